The van der Waals surface area contributed by atoms with Crippen molar-refractivity contribution in [2.24, 2.45) is 0 Å². The number of hydrogen-bond acceptors (Lipinski definition) is 5. The van der Waals surface area contributed by atoms with Crippen molar-refractivity contribution in [3.8, 4) is 11.5 Å². The number of amides is 1. The third-order valence-electron chi connectivity index (χ3n) is 2.95. The molecule has 5 nitrogen and oxygen atoms in total. The third kappa shape index (κ3) is 5.26. The highest BCUT2D eigenvalue weighted by Crippen LogP contribution is 2.32. The average molecular weight is 359 g/mol. The first-order valence-corrected chi connectivity index (χ1v) is 8.28. The molecule has 0 radical (unpaired) electrons. The van der Waals surface area contributed by atoms with Crippen LogP contribution in [0.4, 0.5) is 13.2 Å². The van der Waals surface area contributed by atoms with E-state index < -0.39 is 11.9 Å². The lowest BCUT2D eigenvalue weighted by atomic mass is 10.2. The molecule has 0 aromatic carbocycles. The number of alkyl halides is 3. The van der Waals surface area contributed by atoms with Crippen molar-refractivity contribution in [2.45, 2.75) is 31.1 Å². The van der Waals surface area contributed by atoms with E-state index in [1.807, 2.05) is 6.92 Å². The summed E-state index contributed by atoms with van der Waals surface area (Å²) in [5.74, 6) is -0.117. The molecule has 9 heteroatoms. The fourth-order valence-corrected chi connectivity index (χ4v) is 2.46. The van der Waals surface area contributed by atoms with Crippen molar-refractivity contribution in [1.82, 2.24) is 15.3 Å². The molecule has 0 aliphatic carbocycles. The Balaban J connectivity index is 2.14. The lowest BCUT2D eigenvalue weighted by Crippen LogP contribution is -2.26. The molecule has 2 aromatic heterocycles. The van der Waals surface area contributed by atoms with E-state index in [1.54, 1.807) is 6.07 Å². The predicted molar refractivity (Wildman–Crippen MR) is 83.4 cm³/mol. The lowest BCUT2D eigenvalue weighted by molar-refractivity contribution is -0.141. The second kappa shape index (κ2) is 8.18. The molecule has 0 aliphatic heterocycles. The number of furan rings is 1. The number of nitrogens with zero attached hydrogens (tertiary/aromatic N) is 2. The van der Waals surface area contributed by atoms with Crippen LogP contribution in [0.3, 0.4) is 0 Å². The highest BCUT2D eigenvalue weighted by atomic mass is 32.2. The minimum absolute atomic E-state index is 0.0243. The van der Waals surface area contributed by atoms with Gasteiger partial charge in [-0.05, 0) is 24.6 Å². The summed E-state index contributed by atoms with van der Waals surface area (Å²) in [6.07, 6.45) is -1.47. The summed E-state index contributed by atoms with van der Waals surface area (Å²) in [7, 11) is 0. The van der Waals surface area contributed by atoms with Gasteiger partial charge in [-0.25, -0.2) is 9.97 Å². The lowest BCUT2D eigenvalue weighted by Gasteiger charge is -2.09. The zero-order valence-electron chi connectivity index (χ0n) is 12.9. The largest absolute Gasteiger partial charge is 0.463 e. The summed E-state index contributed by atoms with van der Waals surface area (Å²) >= 11 is 0.852. The Hall–Kier alpha value is -2.03. The van der Waals surface area contributed by atoms with Crippen LogP contribution in [0.25, 0.3) is 11.5 Å². The summed E-state index contributed by atoms with van der Waals surface area (Å²) in [5, 5.41) is 2.56. The Kier molecular flexibility index (Phi) is 6.24. The molecule has 0 bridgehead atoms. The number of halogens is 3. The molecule has 1 amide bonds. The molecule has 24 heavy (non-hydrogen) atoms. The van der Waals surface area contributed by atoms with Crippen LogP contribution in [-0.2, 0) is 11.0 Å². The van der Waals surface area contributed by atoms with E-state index in [2.05, 4.69) is 15.3 Å². The van der Waals surface area contributed by atoms with Crippen molar-refractivity contribution in [2.75, 3.05) is 12.3 Å². The first kappa shape index (κ1) is 18.3. The first-order valence-electron chi connectivity index (χ1n) is 7.30. The minimum Gasteiger partial charge on any atom is -0.463 e. The molecule has 0 saturated carbocycles. The van der Waals surface area contributed by atoms with Gasteiger partial charge < -0.3 is 9.73 Å². The topological polar surface area (TPSA) is 68.0 Å². The number of nitrogens with one attached hydrogen (secondary N) is 1. The van der Waals surface area contributed by atoms with Gasteiger partial charge in [0.1, 0.15) is 11.4 Å². The Bertz CT molecular complexity index is 675. The molecule has 2 aromatic rings. The van der Waals surface area contributed by atoms with E-state index in [0.717, 1.165) is 30.7 Å². The molecule has 0 atom stereocenters. The Morgan fingerprint density at radius 2 is 2.17 bits per heavy atom. The van der Waals surface area contributed by atoms with E-state index in [-0.39, 0.29) is 28.3 Å². The van der Waals surface area contributed by atoms with Gasteiger partial charge in [0.15, 0.2) is 10.9 Å². The van der Waals surface area contributed by atoms with E-state index in [4.69, 9.17) is 4.42 Å². The summed E-state index contributed by atoms with van der Waals surface area (Å²) in [6.45, 7) is 2.53. The van der Waals surface area contributed by atoms with Gasteiger partial charge in [-0.2, -0.15) is 13.2 Å². The van der Waals surface area contributed by atoms with Gasteiger partial charge in [0, 0.05) is 6.54 Å². The molecular formula is C15H16F3N3O2S. The van der Waals surface area contributed by atoms with Crippen molar-refractivity contribution >= 4 is 17.7 Å². The van der Waals surface area contributed by atoms with Crippen LogP contribution in [0.1, 0.15) is 25.5 Å². The molecule has 0 fully saturated rings. The number of unbranched alkanes of at least 4 members (excludes halogenated alkanes) is 1. The number of rotatable bonds is 7. The average Bonchev–Trinajstić information content (AvgIpc) is 3.06. The van der Waals surface area contributed by atoms with E-state index in [0.29, 0.717) is 6.54 Å². The van der Waals surface area contributed by atoms with Crippen LogP contribution in [0, 0.1) is 0 Å². The highest BCUT2D eigenvalue weighted by Gasteiger charge is 2.34. The molecule has 2 rings (SSSR count). The number of carbonyl (C=O) groups is 1. The Labute approximate surface area is 141 Å². The van der Waals surface area contributed by atoms with E-state index in [9.17, 15) is 18.0 Å². The van der Waals surface area contributed by atoms with Crippen LogP contribution >= 0.6 is 11.8 Å². The van der Waals surface area contributed by atoms with Crippen LogP contribution < -0.4 is 5.32 Å². The van der Waals surface area contributed by atoms with Gasteiger partial charge >= 0.3 is 6.18 Å². The van der Waals surface area contributed by atoms with Crippen LogP contribution in [0.5, 0.6) is 0 Å². The summed E-state index contributed by atoms with van der Waals surface area (Å²) in [4.78, 5) is 19.2. The van der Waals surface area contributed by atoms with Gasteiger partial charge in [-0.15, -0.1) is 0 Å². The molecular weight excluding hydrogens is 343 g/mol. The van der Waals surface area contributed by atoms with E-state index in [1.165, 1.54) is 12.3 Å². The van der Waals surface area contributed by atoms with Gasteiger partial charge in [0.05, 0.1) is 12.0 Å². The maximum atomic E-state index is 13.0. The van der Waals surface area contributed by atoms with Gasteiger partial charge in [0.25, 0.3) is 0 Å². The summed E-state index contributed by atoms with van der Waals surface area (Å²) in [5.41, 5.74) is -1.05. The molecule has 0 unspecified atom stereocenters. The fraction of sp³-hybridized carbons (Fsp3) is 0.400. The zero-order chi connectivity index (χ0) is 17.6. The third-order valence-corrected chi connectivity index (χ3v) is 3.80. The second-order valence-corrected chi connectivity index (χ2v) is 5.83. The summed E-state index contributed by atoms with van der Waals surface area (Å²) in [6, 6.07) is 3.89. The monoisotopic (exact) mass is 359 g/mol. The second-order valence-electron chi connectivity index (χ2n) is 4.89. The SMILES string of the molecule is CCCCNC(=O)CSc1nc(-c2ccco2)cc(C(F)(F)F)n1. The van der Waals surface area contributed by atoms with Crippen molar-refractivity contribution in [1.29, 1.82) is 0 Å². The van der Waals surface area contributed by atoms with Crippen LogP contribution in [0.2, 0.25) is 0 Å². The summed E-state index contributed by atoms with van der Waals surface area (Å²) < 4.78 is 44.0. The number of aromatic nitrogens is 2. The first-order chi connectivity index (χ1) is 11.4. The molecule has 2 heterocycles. The van der Waals surface area contributed by atoms with Gasteiger partial charge in [-0.1, -0.05) is 25.1 Å². The minimum atomic E-state index is -4.61. The number of thioether (sulfide) groups is 1. The van der Waals surface area contributed by atoms with Gasteiger partial charge in [0.2, 0.25) is 5.91 Å². The van der Waals surface area contributed by atoms with Crippen LogP contribution in [0.15, 0.2) is 34.0 Å². The maximum Gasteiger partial charge on any atom is 0.433 e. The quantitative estimate of drug-likeness (QED) is 0.463. The molecule has 0 saturated heterocycles. The molecule has 0 aliphatic rings. The van der Waals surface area contributed by atoms with Gasteiger partial charge in [-0.3, -0.25) is 4.79 Å². The number of carbonyl (C=O) groups excluding carboxylic acids is 1. The van der Waals surface area contributed by atoms with Crippen molar-refractivity contribution in [3.63, 3.8) is 0 Å². The zero-order valence-corrected chi connectivity index (χ0v) is 13.7. The van der Waals surface area contributed by atoms with Crippen molar-refractivity contribution in [3.05, 3.63) is 30.2 Å². The smallest absolute Gasteiger partial charge is 0.433 e. The standard InChI is InChI=1S/C15H16F3N3O2S/c1-2-3-6-19-13(22)9-24-14-20-10(11-5-4-7-23-11)8-12(21-14)15(16,17)18/h4-5,7-8H,2-3,6,9H2,1H3,(H,19,22). The molecule has 1 N–H and O–H groups in total. The fourth-order valence-electron chi connectivity index (χ4n) is 1.77. The number of hydrogen-bond donors (Lipinski definition) is 1. The van der Waals surface area contributed by atoms with Crippen molar-refractivity contribution < 1.29 is 22.4 Å². The van der Waals surface area contributed by atoms with Crippen LogP contribution in [-0.4, -0.2) is 28.2 Å². The molecule has 0 spiro atoms. The predicted octanol–water partition coefficient (Wildman–Crippen LogP) is 3.76. The maximum absolute atomic E-state index is 13.0. The Morgan fingerprint density at radius 3 is 2.79 bits per heavy atom. The normalized spacial score (nSPS) is 11.5. The highest BCUT2D eigenvalue weighted by molar-refractivity contribution is 7.99. The molecule has 130 valence electrons. The Morgan fingerprint density at radius 1 is 1.38 bits per heavy atom. The van der Waals surface area contributed by atoms with E-state index >= 15 is 0 Å².